The molecule has 5 atom stereocenters. The van der Waals surface area contributed by atoms with Gasteiger partial charge in [-0.2, -0.15) is 0 Å². The minimum absolute atomic E-state index is 0.266. The van der Waals surface area contributed by atoms with E-state index in [1.165, 1.54) is 7.11 Å². The van der Waals surface area contributed by atoms with E-state index in [-0.39, 0.29) is 11.1 Å². The Morgan fingerprint density at radius 2 is 1.67 bits per heavy atom. The molecule has 8 nitrogen and oxygen atoms in total. The maximum Gasteiger partial charge on any atom is 0.338 e. The van der Waals surface area contributed by atoms with Crippen LogP contribution in [-0.4, -0.2) is 70.8 Å². The van der Waals surface area contributed by atoms with Crippen molar-refractivity contribution < 1.29 is 39.1 Å². The van der Waals surface area contributed by atoms with Crippen LogP contribution in [0.25, 0.3) is 0 Å². The normalized spacial score (nSPS) is 26.1. The molecule has 0 saturated carbocycles. The van der Waals surface area contributed by atoms with E-state index in [1.54, 1.807) is 54.6 Å². The minimum atomic E-state index is -1.51. The molecule has 0 unspecified atom stereocenters. The number of thioether (sulfide) groups is 1. The Morgan fingerprint density at radius 1 is 1.00 bits per heavy atom. The molecule has 3 N–H and O–H groups in total. The van der Waals surface area contributed by atoms with Gasteiger partial charge >= 0.3 is 11.9 Å². The van der Waals surface area contributed by atoms with Gasteiger partial charge in [-0.05, 0) is 24.3 Å². The number of esters is 2. The first-order chi connectivity index (χ1) is 14.5. The number of rotatable bonds is 6. The van der Waals surface area contributed by atoms with Crippen LogP contribution >= 0.6 is 11.8 Å². The fourth-order valence-corrected chi connectivity index (χ4v) is 4.25. The van der Waals surface area contributed by atoms with Crippen molar-refractivity contribution in [1.29, 1.82) is 0 Å². The average molecular weight is 434 g/mol. The molecule has 1 heterocycles. The Morgan fingerprint density at radius 3 is 2.33 bits per heavy atom. The van der Waals surface area contributed by atoms with Crippen LogP contribution in [0.15, 0.2) is 59.5 Å². The molecule has 2 aromatic rings. The summed E-state index contributed by atoms with van der Waals surface area (Å²) in [6, 6.07) is 14.8. The summed E-state index contributed by atoms with van der Waals surface area (Å²) in [5.74, 6) is -1.27. The third-order valence-corrected chi connectivity index (χ3v) is 5.83. The second-order valence-electron chi connectivity index (χ2n) is 6.55. The van der Waals surface area contributed by atoms with Gasteiger partial charge in [-0.1, -0.05) is 42.1 Å². The van der Waals surface area contributed by atoms with Gasteiger partial charge in [0, 0.05) is 4.90 Å². The Labute approximate surface area is 177 Å². The topological polar surface area (TPSA) is 123 Å². The Kier molecular flexibility index (Phi) is 7.46. The first-order valence-corrected chi connectivity index (χ1v) is 10.1. The van der Waals surface area contributed by atoms with Crippen molar-refractivity contribution in [3.8, 4) is 0 Å². The highest BCUT2D eigenvalue weighted by molar-refractivity contribution is 8.00. The third-order valence-electron chi connectivity index (χ3n) is 4.61. The van der Waals surface area contributed by atoms with Crippen molar-refractivity contribution in [3.05, 3.63) is 65.7 Å². The van der Waals surface area contributed by atoms with Crippen LogP contribution in [0, 0.1) is 0 Å². The van der Waals surface area contributed by atoms with E-state index in [9.17, 15) is 24.9 Å². The van der Waals surface area contributed by atoms with E-state index in [0.717, 1.165) is 11.8 Å². The summed E-state index contributed by atoms with van der Waals surface area (Å²) in [7, 11) is 1.26. The van der Waals surface area contributed by atoms with Gasteiger partial charge in [0.2, 0.25) is 0 Å². The van der Waals surface area contributed by atoms with Crippen LogP contribution in [0.5, 0.6) is 0 Å². The van der Waals surface area contributed by atoms with Gasteiger partial charge < -0.3 is 29.5 Å². The molecule has 0 spiro atoms. The fraction of sp³-hybridized carbons (Fsp3) is 0.333. The average Bonchev–Trinajstić information content (AvgIpc) is 2.78. The van der Waals surface area contributed by atoms with Crippen LogP contribution in [0.1, 0.15) is 20.7 Å². The van der Waals surface area contributed by atoms with Crippen molar-refractivity contribution in [3.63, 3.8) is 0 Å². The first-order valence-electron chi connectivity index (χ1n) is 9.18. The molecule has 0 bridgehead atoms. The van der Waals surface area contributed by atoms with Crippen LogP contribution in [-0.2, 0) is 14.2 Å². The van der Waals surface area contributed by atoms with Crippen molar-refractivity contribution in [2.45, 2.75) is 34.7 Å². The molecule has 1 fully saturated rings. The molecule has 2 aromatic carbocycles. The lowest BCUT2D eigenvalue weighted by atomic mass is 10.00. The summed E-state index contributed by atoms with van der Waals surface area (Å²) in [6.45, 7) is -0.548. The number of hydrogen-bond acceptors (Lipinski definition) is 9. The van der Waals surface area contributed by atoms with Gasteiger partial charge in [0.15, 0.2) is 6.10 Å². The van der Waals surface area contributed by atoms with E-state index in [1.807, 2.05) is 0 Å². The highest BCUT2D eigenvalue weighted by atomic mass is 32.2. The predicted octanol–water partition coefficient (Wildman–Crippen LogP) is 1.23. The highest BCUT2D eigenvalue weighted by Crippen LogP contribution is 2.36. The lowest BCUT2D eigenvalue weighted by Gasteiger charge is -2.41. The quantitative estimate of drug-likeness (QED) is 0.576. The molecule has 0 aromatic heterocycles. The van der Waals surface area contributed by atoms with Crippen LogP contribution < -0.4 is 0 Å². The maximum absolute atomic E-state index is 12.5. The zero-order chi connectivity index (χ0) is 21.7. The molecule has 3 rings (SSSR count). The van der Waals surface area contributed by atoms with Crippen LogP contribution in [0.3, 0.4) is 0 Å². The zero-order valence-corrected chi connectivity index (χ0v) is 16.9. The van der Waals surface area contributed by atoms with Gasteiger partial charge in [-0.25, -0.2) is 9.59 Å². The number of aliphatic hydroxyl groups excluding tert-OH is 3. The first kappa shape index (κ1) is 22.3. The van der Waals surface area contributed by atoms with E-state index in [2.05, 4.69) is 0 Å². The molecule has 1 aliphatic heterocycles. The lowest BCUT2D eigenvalue weighted by molar-refractivity contribution is -0.206. The molecular formula is C21H22O8S. The number of benzene rings is 2. The van der Waals surface area contributed by atoms with E-state index < -0.39 is 48.4 Å². The summed E-state index contributed by atoms with van der Waals surface area (Å²) in [6.07, 6.45) is -5.32. The van der Waals surface area contributed by atoms with Gasteiger partial charge in [0.05, 0.1) is 24.8 Å². The molecular weight excluding hydrogens is 412 g/mol. The van der Waals surface area contributed by atoms with E-state index in [0.29, 0.717) is 4.90 Å². The number of carbonyl (C=O) groups excluding carboxylic acids is 2. The van der Waals surface area contributed by atoms with E-state index >= 15 is 0 Å². The SMILES string of the molecule is COC(=O)c1ccccc1S[C@@H]1O[C@H](CO)[C@@H](O)[C@H](O)[C@H]1OC(=O)c1ccccc1. The minimum Gasteiger partial charge on any atom is -0.465 e. The maximum atomic E-state index is 12.5. The van der Waals surface area contributed by atoms with E-state index in [4.69, 9.17) is 14.2 Å². The largest absolute Gasteiger partial charge is 0.465 e. The number of carbonyl (C=O) groups is 2. The lowest BCUT2D eigenvalue weighted by Crippen LogP contribution is -2.58. The van der Waals surface area contributed by atoms with Crippen LogP contribution in [0.4, 0.5) is 0 Å². The van der Waals surface area contributed by atoms with Gasteiger partial charge in [-0.15, -0.1) is 0 Å². The highest BCUT2D eigenvalue weighted by Gasteiger charge is 2.47. The predicted molar refractivity (Wildman–Crippen MR) is 107 cm³/mol. The number of aliphatic hydroxyl groups is 3. The number of methoxy groups -OCH3 is 1. The molecule has 0 radical (unpaired) electrons. The van der Waals surface area contributed by atoms with Gasteiger partial charge in [0.1, 0.15) is 23.7 Å². The second-order valence-corrected chi connectivity index (χ2v) is 7.69. The summed E-state index contributed by atoms with van der Waals surface area (Å²) in [5.41, 5.74) is -0.468. The molecule has 0 aliphatic carbocycles. The molecule has 30 heavy (non-hydrogen) atoms. The molecule has 9 heteroatoms. The summed E-state index contributed by atoms with van der Waals surface area (Å²) in [5, 5.41) is 30.3. The Hall–Kier alpha value is -2.43. The number of hydrogen-bond donors (Lipinski definition) is 3. The molecule has 1 aliphatic rings. The second kappa shape index (κ2) is 10.1. The number of ether oxygens (including phenoxy) is 3. The third kappa shape index (κ3) is 4.82. The van der Waals surface area contributed by atoms with Crippen molar-refractivity contribution in [2.24, 2.45) is 0 Å². The van der Waals surface area contributed by atoms with Gasteiger partial charge in [0.25, 0.3) is 0 Å². The molecule has 160 valence electrons. The van der Waals surface area contributed by atoms with Crippen molar-refractivity contribution in [2.75, 3.05) is 13.7 Å². The standard InChI is InChI=1S/C21H22O8S/c1-27-20(26)13-9-5-6-10-15(13)30-21-18(17(24)16(23)14(11-22)28-21)29-19(25)12-7-3-2-4-8-12/h2-10,14,16-18,21-24H,11H2,1H3/t14-,16-,17+,18-,21+/m1/s1. The summed E-state index contributed by atoms with van der Waals surface area (Å²) < 4.78 is 16.0. The van der Waals surface area contributed by atoms with Crippen molar-refractivity contribution in [1.82, 2.24) is 0 Å². The monoisotopic (exact) mass is 434 g/mol. The van der Waals surface area contributed by atoms with Gasteiger partial charge in [-0.3, -0.25) is 0 Å². The summed E-state index contributed by atoms with van der Waals surface area (Å²) in [4.78, 5) is 25.1. The molecule has 0 amide bonds. The molecule has 1 saturated heterocycles. The Balaban J connectivity index is 1.88. The van der Waals surface area contributed by atoms with Crippen LogP contribution in [0.2, 0.25) is 0 Å². The Bertz CT molecular complexity index is 874. The van der Waals surface area contributed by atoms with Crippen molar-refractivity contribution >= 4 is 23.7 Å². The smallest absolute Gasteiger partial charge is 0.338 e. The fourth-order valence-electron chi connectivity index (χ4n) is 3.02. The summed E-state index contributed by atoms with van der Waals surface area (Å²) >= 11 is 1.02. The zero-order valence-electron chi connectivity index (χ0n) is 16.1.